The van der Waals surface area contributed by atoms with Gasteiger partial charge in [0, 0.05) is 50.7 Å². The van der Waals surface area contributed by atoms with Crippen LogP contribution >= 0.6 is 0 Å². The summed E-state index contributed by atoms with van der Waals surface area (Å²) in [7, 11) is 0. The first-order chi connectivity index (χ1) is 15.5. The van der Waals surface area contributed by atoms with Crippen LogP contribution in [-0.4, -0.2) is 65.3 Å². The molecule has 8 nitrogen and oxygen atoms in total. The molecular weight excluding hydrogens is 410 g/mol. The molecule has 2 amide bonds. The number of ketones is 1. The molecule has 32 heavy (non-hydrogen) atoms. The zero-order valence-electron chi connectivity index (χ0n) is 18.8. The van der Waals surface area contributed by atoms with Gasteiger partial charge in [0.25, 0.3) is 5.91 Å². The molecule has 0 spiro atoms. The molecule has 2 heterocycles. The summed E-state index contributed by atoms with van der Waals surface area (Å²) in [6.45, 7) is 6.32. The number of hydrogen-bond donors (Lipinski definition) is 0. The molecule has 0 atom stereocenters. The highest BCUT2D eigenvalue weighted by Crippen LogP contribution is 2.16. The first kappa shape index (κ1) is 23.5. The Morgan fingerprint density at radius 3 is 2.31 bits per heavy atom. The fourth-order valence-corrected chi connectivity index (χ4v) is 3.58. The van der Waals surface area contributed by atoms with Gasteiger partial charge in [-0.3, -0.25) is 14.4 Å². The molecular formula is C24H31N3O5. The fraction of sp³-hybridized carbons (Fsp3) is 0.500. The molecule has 0 N–H and O–H groups in total. The molecule has 0 saturated carbocycles. The third-order valence-corrected chi connectivity index (χ3v) is 5.52. The van der Waals surface area contributed by atoms with Crippen molar-refractivity contribution in [3.8, 4) is 5.75 Å². The Labute approximate surface area is 188 Å². The number of ether oxygens (including phenoxy) is 1. The number of carbonyl (C=O) groups is 3. The quantitative estimate of drug-likeness (QED) is 0.414. The van der Waals surface area contributed by atoms with Crippen molar-refractivity contribution in [1.29, 1.82) is 0 Å². The summed E-state index contributed by atoms with van der Waals surface area (Å²) in [4.78, 5) is 40.8. The van der Waals surface area contributed by atoms with Crippen LogP contribution < -0.4 is 4.74 Å². The molecule has 1 saturated heterocycles. The second kappa shape index (κ2) is 11.5. The minimum Gasteiger partial charge on any atom is -0.494 e. The summed E-state index contributed by atoms with van der Waals surface area (Å²) in [5, 5.41) is 3.74. The average molecular weight is 442 g/mol. The lowest BCUT2D eigenvalue weighted by atomic mass is 10.1. The Morgan fingerprint density at radius 2 is 1.69 bits per heavy atom. The number of piperazine rings is 1. The monoisotopic (exact) mass is 441 g/mol. The first-order valence-corrected chi connectivity index (χ1v) is 11.2. The summed E-state index contributed by atoms with van der Waals surface area (Å²) in [6.07, 6.45) is 3.61. The van der Waals surface area contributed by atoms with Crippen LogP contribution in [0.1, 0.15) is 65.6 Å². The summed E-state index contributed by atoms with van der Waals surface area (Å²) in [6, 6.07) is 8.70. The van der Waals surface area contributed by atoms with Gasteiger partial charge in [0.1, 0.15) is 5.75 Å². The highest BCUT2D eigenvalue weighted by Gasteiger charge is 2.27. The predicted molar refractivity (Wildman–Crippen MR) is 119 cm³/mol. The van der Waals surface area contributed by atoms with Crippen LogP contribution in [-0.2, 0) is 4.79 Å². The van der Waals surface area contributed by atoms with E-state index < -0.39 is 0 Å². The summed E-state index contributed by atoms with van der Waals surface area (Å²) in [5.41, 5.74) is 1.23. The maximum absolute atomic E-state index is 12.5. The molecule has 172 valence electrons. The molecule has 0 unspecified atom stereocenters. The highest BCUT2D eigenvalue weighted by atomic mass is 16.5. The second-order valence-electron chi connectivity index (χ2n) is 8.01. The molecule has 0 radical (unpaired) electrons. The van der Waals surface area contributed by atoms with E-state index in [1.165, 1.54) is 0 Å². The van der Waals surface area contributed by atoms with Crippen LogP contribution in [0.4, 0.5) is 0 Å². The van der Waals surface area contributed by atoms with E-state index >= 15 is 0 Å². The first-order valence-electron chi connectivity index (χ1n) is 11.2. The Hall–Kier alpha value is -3.16. The smallest absolute Gasteiger partial charge is 0.292 e. The Bertz CT molecular complexity index is 914. The molecule has 1 aromatic heterocycles. The Balaban J connectivity index is 1.40. The molecule has 8 heteroatoms. The molecule has 3 rings (SSSR count). The minimum absolute atomic E-state index is 0.0645. The van der Waals surface area contributed by atoms with Gasteiger partial charge in [-0.15, -0.1) is 0 Å². The van der Waals surface area contributed by atoms with Crippen molar-refractivity contribution in [2.45, 2.75) is 46.0 Å². The van der Waals surface area contributed by atoms with E-state index in [1.807, 2.05) is 0 Å². The second-order valence-corrected chi connectivity index (χ2v) is 8.01. The minimum atomic E-state index is -0.217. The number of nitrogens with zero attached hydrogens (tertiary/aromatic N) is 3. The third kappa shape index (κ3) is 6.42. The molecule has 1 fully saturated rings. The average Bonchev–Trinajstić information content (AvgIpc) is 3.26. The molecule has 1 aromatic carbocycles. The number of Topliss-reactive ketones (excluding diaryl/α,β-unsaturated/α-hetero) is 1. The van der Waals surface area contributed by atoms with E-state index in [9.17, 15) is 14.4 Å². The predicted octanol–water partition coefficient (Wildman–Crippen LogP) is 3.50. The van der Waals surface area contributed by atoms with Gasteiger partial charge in [0.05, 0.1) is 12.3 Å². The van der Waals surface area contributed by atoms with Crippen molar-refractivity contribution in [3.05, 3.63) is 47.3 Å². The van der Waals surface area contributed by atoms with Gasteiger partial charge in [-0.05, 0) is 37.6 Å². The Kier molecular flexibility index (Phi) is 8.41. The van der Waals surface area contributed by atoms with Crippen LogP contribution in [0.2, 0.25) is 0 Å². The van der Waals surface area contributed by atoms with Gasteiger partial charge in [0.2, 0.25) is 11.7 Å². The van der Waals surface area contributed by atoms with Gasteiger partial charge < -0.3 is 19.1 Å². The van der Waals surface area contributed by atoms with E-state index in [-0.39, 0.29) is 36.2 Å². The topological polar surface area (TPSA) is 93.0 Å². The maximum atomic E-state index is 12.5. The van der Waals surface area contributed by atoms with Crippen LogP contribution in [0.15, 0.2) is 34.9 Å². The molecule has 0 aliphatic carbocycles. The van der Waals surface area contributed by atoms with Crippen LogP contribution in [0.3, 0.4) is 0 Å². The number of aryl methyl sites for hydroxylation is 1. The summed E-state index contributed by atoms with van der Waals surface area (Å²) >= 11 is 0. The number of unbranched alkanes of at least 4 members (excludes halogenated alkanes) is 2. The van der Waals surface area contributed by atoms with E-state index in [0.717, 1.165) is 25.0 Å². The molecule has 1 aliphatic rings. The van der Waals surface area contributed by atoms with Gasteiger partial charge in [0.15, 0.2) is 5.78 Å². The van der Waals surface area contributed by atoms with E-state index in [1.54, 1.807) is 47.1 Å². The summed E-state index contributed by atoms with van der Waals surface area (Å²) < 4.78 is 10.7. The molecule has 0 bridgehead atoms. The number of carbonyl (C=O) groups excluding carboxylic acids is 3. The van der Waals surface area contributed by atoms with Crippen molar-refractivity contribution < 1.29 is 23.6 Å². The van der Waals surface area contributed by atoms with Crippen molar-refractivity contribution >= 4 is 17.6 Å². The van der Waals surface area contributed by atoms with Gasteiger partial charge in [-0.25, -0.2) is 0 Å². The van der Waals surface area contributed by atoms with Crippen LogP contribution in [0.5, 0.6) is 5.75 Å². The normalized spacial score (nSPS) is 13.8. The molecule has 2 aromatic rings. The van der Waals surface area contributed by atoms with Crippen molar-refractivity contribution in [2.75, 3.05) is 32.8 Å². The standard InChI is InChI=1S/C24H31N3O5/c1-3-4-5-16-31-20-8-6-19(7-9-20)21(28)10-11-23(29)26-12-14-27(15-13-26)24(30)22-17-18(2)25-32-22/h6-9,17H,3-5,10-16H2,1-2H3. The number of rotatable bonds is 10. The summed E-state index contributed by atoms with van der Waals surface area (Å²) in [5.74, 6) is 0.611. The number of aromatic nitrogens is 1. The van der Waals surface area contributed by atoms with Gasteiger partial charge in [-0.2, -0.15) is 0 Å². The van der Waals surface area contributed by atoms with Crippen LogP contribution in [0, 0.1) is 6.92 Å². The highest BCUT2D eigenvalue weighted by molar-refractivity contribution is 5.98. The lowest BCUT2D eigenvalue weighted by molar-refractivity contribution is -0.132. The SMILES string of the molecule is CCCCCOc1ccc(C(=O)CCC(=O)N2CCN(C(=O)c3cc(C)no3)CC2)cc1. The zero-order chi connectivity index (χ0) is 22.9. The largest absolute Gasteiger partial charge is 0.494 e. The maximum Gasteiger partial charge on any atom is 0.292 e. The lowest BCUT2D eigenvalue weighted by Gasteiger charge is -2.34. The van der Waals surface area contributed by atoms with Gasteiger partial charge >= 0.3 is 0 Å². The third-order valence-electron chi connectivity index (χ3n) is 5.52. The number of benzene rings is 1. The van der Waals surface area contributed by atoms with Crippen molar-refractivity contribution in [2.24, 2.45) is 0 Å². The van der Waals surface area contributed by atoms with Crippen molar-refractivity contribution in [1.82, 2.24) is 15.0 Å². The van der Waals surface area contributed by atoms with Crippen LogP contribution in [0.25, 0.3) is 0 Å². The van der Waals surface area contributed by atoms with E-state index in [0.29, 0.717) is 44.0 Å². The molecule has 1 aliphatic heterocycles. The Morgan fingerprint density at radius 1 is 1.00 bits per heavy atom. The van der Waals surface area contributed by atoms with Gasteiger partial charge in [-0.1, -0.05) is 24.9 Å². The van der Waals surface area contributed by atoms with E-state index in [4.69, 9.17) is 9.26 Å². The van der Waals surface area contributed by atoms with Crippen molar-refractivity contribution in [3.63, 3.8) is 0 Å². The van der Waals surface area contributed by atoms with E-state index in [2.05, 4.69) is 12.1 Å². The lowest BCUT2D eigenvalue weighted by Crippen LogP contribution is -2.50. The fourth-order valence-electron chi connectivity index (χ4n) is 3.58. The number of amides is 2. The number of hydrogen-bond acceptors (Lipinski definition) is 6. The zero-order valence-corrected chi connectivity index (χ0v) is 18.8.